The Hall–Kier alpha value is -0.800. The minimum Gasteiger partial charge on any atom is -0.382 e. The van der Waals surface area contributed by atoms with E-state index in [0.29, 0.717) is 35.6 Å². The van der Waals surface area contributed by atoms with Gasteiger partial charge in [0.2, 0.25) is 0 Å². The largest absolute Gasteiger partial charge is 0.382 e. The van der Waals surface area contributed by atoms with Gasteiger partial charge in [-0.2, -0.15) is 0 Å². The van der Waals surface area contributed by atoms with Crippen LogP contribution in [-0.2, 0) is 14.8 Å². The third-order valence-corrected chi connectivity index (χ3v) is 6.20. The zero-order chi connectivity index (χ0) is 16.9. The smallest absolute Gasteiger partial charge is 0.263 e. The number of aliphatic imine (C=N–C) groups is 1. The van der Waals surface area contributed by atoms with Crippen LogP contribution < -0.4 is 4.72 Å². The Morgan fingerprint density at radius 3 is 3.00 bits per heavy atom. The van der Waals surface area contributed by atoms with E-state index in [4.69, 9.17) is 16.3 Å². The molecule has 0 aliphatic carbocycles. The van der Waals surface area contributed by atoms with Crippen molar-refractivity contribution in [1.82, 2.24) is 9.03 Å². The Balaban J connectivity index is 1.93. The number of sulfonamides is 1. The van der Waals surface area contributed by atoms with Crippen molar-refractivity contribution in [3.8, 4) is 0 Å². The Bertz CT molecular complexity index is 680. The summed E-state index contributed by atoms with van der Waals surface area (Å²) in [4.78, 5) is 4.39. The van der Waals surface area contributed by atoms with Gasteiger partial charge < -0.3 is 4.74 Å². The van der Waals surface area contributed by atoms with Gasteiger partial charge in [0.25, 0.3) is 10.0 Å². The molecule has 0 atom stereocenters. The standard InChI is InChI=1S/C14H20ClN3O3S2/c1-3-21-9-5-8-18-10-16-14(22-18)17-23(19,20)13-7-4-6-12(15)11(13)2/h4,6-7H,3,5,8-10H2,1-2H3,(H,16,17). The first-order chi connectivity index (χ1) is 10.9. The summed E-state index contributed by atoms with van der Waals surface area (Å²) < 4.78 is 34.7. The Morgan fingerprint density at radius 1 is 1.48 bits per heavy atom. The first kappa shape index (κ1) is 18.5. The highest BCUT2D eigenvalue weighted by Crippen LogP contribution is 2.24. The fraction of sp³-hybridized carbons (Fsp3) is 0.500. The molecule has 6 nitrogen and oxygen atoms in total. The highest BCUT2D eigenvalue weighted by atomic mass is 35.5. The molecule has 0 spiro atoms. The van der Waals surface area contributed by atoms with E-state index in [0.717, 1.165) is 13.0 Å². The van der Waals surface area contributed by atoms with E-state index in [9.17, 15) is 8.42 Å². The van der Waals surface area contributed by atoms with Crippen molar-refractivity contribution >= 4 is 38.7 Å². The van der Waals surface area contributed by atoms with Gasteiger partial charge in [-0.05, 0) is 49.9 Å². The van der Waals surface area contributed by atoms with Crippen LogP contribution in [0.15, 0.2) is 28.1 Å². The molecular formula is C14H20ClN3O3S2. The number of benzene rings is 1. The number of hydrogen-bond acceptors (Lipinski definition) is 6. The van der Waals surface area contributed by atoms with E-state index >= 15 is 0 Å². The summed E-state index contributed by atoms with van der Waals surface area (Å²) in [6, 6.07) is 4.81. The van der Waals surface area contributed by atoms with Gasteiger partial charge in [0.1, 0.15) is 6.67 Å². The van der Waals surface area contributed by atoms with Crippen LogP contribution in [0.4, 0.5) is 0 Å². The van der Waals surface area contributed by atoms with Crippen LogP contribution in [-0.4, -0.2) is 44.3 Å². The molecule has 1 aliphatic heterocycles. The average Bonchev–Trinajstić information content (AvgIpc) is 2.93. The summed E-state index contributed by atoms with van der Waals surface area (Å²) in [6.45, 7) is 6.28. The number of nitrogens with one attached hydrogen (secondary N) is 1. The lowest BCUT2D eigenvalue weighted by Gasteiger charge is -2.13. The molecule has 0 radical (unpaired) electrons. The molecule has 1 aliphatic rings. The molecule has 0 aromatic heterocycles. The molecule has 1 aromatic carbocycles. The predicted molar refractivity (Wildman–Crippen MR) is 94.2 cm³/mol. The molecule has 1 heterocycles. The highest BCUT2D eigenvalue weighted by Gasteiger charge is 2.24. The SMILES string of the molecule is CCOCCCN1CN=C(NS(=O)(=O)c2cccc(Cl)c2C)S1. The Labute approximate surface area is 146 Å². The fourth-order valence-electron chi connectivity index (χ4n) is 2.03. The summed E-state index contributed by atoms with van der Waals surface area (Å²) in [6.07, 6.45) is 0.879. The monoisotopic (exact) mass is 377 g/mol. The topological polar surface area (TPSA) is 71.0 Å². The lowest BCUT2D eigenvalue weighted by molar-refractivity contribution is 0.141. The first-order valence-electron chi connectivity index (χ1n) is 7.27. The number of halogens is 1. The molecule has 128 valence electrons. The van der Waals surface area contributed by atoms with E-state index in [1.807, 2.05) is 11.2 Å². The van der Waals surface area contributed by atoms with E-state index in [1.54, 1.807) is 19.1 Å². The molecule has 2 rings (SSSR count). The van der Waals surface area contributed by atoms with Gasteiger partial charge in [-0.25, -0.2) is 17.7 Å². The van der Waals surface area contributed by atoms with Crippen LogP contribution in [0.25, 0.3) is 0 Å². The summed E-state index contributed by atoms with van der Waals surface area (Å²) in [5.74, 6) is 0. The minimum absolute atomic E-state index is 0.170. The van der Waals surface area contributed by atoms with E-state index < -0.39 is 10.0 Å². The molecule has 23 heavy (non-hydrogen) atoms. The minimum atomic E-state index is -3.69. The van der Waals surface area contributed by atoms with Gasteiger partial charge in [-0.15, -0.1) is 0 Å². The quantitative estimate of drug-likeness (QED) is 0.584. The van der Waals surface area contributed by atoms with Crippen molar-refractivity contribution in [3.05, 3.63) is 28.8 Å². The zero-order valence-electron chi connectivity index (χ0n) is 13.1. The molecule has 1 aromatic rings. The van der Waals surface area contributed by atoms with E-state index in [2.05, 4.69) is 9.71 Å². The van der Waals surface area contributed by atoms with Crippen molar-refractivity contribution in [1.29, 1.82) is 0 Å². The molecule has 0 unspecified atom stereocenters. The van der Waals surface area contributed by atoms with Gasteiger partial charge in [-0.3, -0.25) is 4.72 Å². The predicted octanol–water partition coefficient (Wildman–Crippen LogP) is 2.63. The third-order valence-electron chi connectivity index (χ3n) is 3.22. The number of amidine groups is 1. The second-order valence-corrected chi connectivity index (χ2v) is 8.06. The van der Waals surface area contributed by atoms with Crippen LogP contribution in [0, 0.1) is 6.92 Å². The molecule has 0 amide bonds. The molecule has 0 saturated carbocycles. The second-order valence-electron chi connectivity index (χ2n) is 4.92. The molecule has 0 bridgehead atoms. The van der Waals surface area contributed by atoms with Crippen LogP contribution >= 0.6 is 23.5 Å². The van der Waals surface area contributed by atoms with Gasteiger partial charge >= 0.3 is 0 Å². The molecule has 0 fully saturated rings. The fourth-order valence-corrected chi connectivity index (χ4v) is 4.61. The lowest BCUT2D eigenvalue weighted by atomic mass is 10.2. The maximum atomic E-state index is 12.5. The number of rotatable bonds is 7. The third kappa shape index (κ3) is 5.09. The van der Waals surface area contributed by atoms with Crippen molar-refractivity contribution in [2.75, 3.05) is 26.4 Å². The summed E-state index contributed by atoms with van der Waals surface area (Å²) in [7, 11) is -3.69. The maximum absolute atomic E-state index is 12.5. The van der Waals surface area contributed by atoms with Crippen molar-refractivity contribution in [3.63, 3.8) is 0 Å². The van der Waals surface area contributed by atoms with Crippen LogP contribution in [0.3, 0.4) is 0 Å². The highest BCUT2D eigenvalue weighted by molar-refractivity contribution is 8.13. The number of nitrogens with zero attached hydrogens (tertiary/aromatic N) is 2. The summed E-state index contributed by atoms with van der Waals surface area (Å²) >= 11 is 7.30. The van der Waals surface area contributed by atoms with E-state index in [-0.39, 0.29) is 4.90 Å². The van der Waals surface area contributed by atoms with Gasteiger partial charge in [0.05, 0.1) is 4.90 Å². The first-order valence-corrected chi connectivity index (χ1v) is 9.90. The van der Waals surface area contributed by atoms with Gasteiger partial charge in [-0.1, -0.05) is 17.7 Å². The summed E-state index contributed by atoms with van der Waals surface area (Å²) in [5.41, 5.74) is 0.527. The van der Waals surface area contributed by atoms with Crippen molar-refractivity contribution in [2.45, 2.75) is 25.2 Å². The van der Waals surface area contributed by atoms with Crippen molar-refractivity contribution < 1.29 is 13.2 Å². The second kappa shape index (κ2) is 8.34. The molecule has 1 N–H and O–H groups in total. The number of ether oxygens (including phenoxy) is 1. The molecule has 0 saturated heterocycles. The lowest BCUT2D eigenvalue weighted by Crippen LogP contribution is -2.29. The summed E-state index contributed by atoms with van der Waals surface area (Å²) in [5, 5.41) is 0.798. The van der Waals surface area contributed by atoms with E-state index in [1.165, 1.54) is 18.0 Å². The average molecular weight is 378 g/mol. The van der Waals surface area contributed by atoms with Gasteiger partial charge in [0, 0.05) is 24.8 Å². The molecular weight excluding hydrogens is 358 g/mol. The van der Waals surface area contributed by atoms with Crippen LogP contribution in [0.2, 0.25) is 5.02 Å². The Kier molecular flexibility index (Phi) is 6.72. The Morgan fingerprint density at radius 2 is 2.26 bits per heavy atom. The normalized spacial score (nSPS) is 15.7. The van der Waals surface area contributed by atoms with Crippen molar-refractivity contribution in [2.24, 2.45) is 4.99 Å². The zero-order valence-corrected chi connectivity index (χ0v) is 15.5. The maximum Gasteiger partial charge on any atom is 0.263 e. The number of hydrogen-bond donors (Lipinski definition) is 1. The molecule has 9 heteroatoms. The van der Waals surface area contributed by atoms with Gasteiger partial charge in [0.15, 0.2) is 5.17 Å². The van der Waals surface area contributed by atoms with Crippen LogP contribution in [0.1, 0.15) is 18.9 Å². The van der Waals surface area contributed by atoms with Crippen LogP contribution in [0.5, 0.6) is 0 Å².